The van der Waals surface area contributed by atoms with E-state index in [1.807, 2.05) is 31.2 Å². The number of carbonyl (C=O) groups excluding carboxylic acids is 1. The third kappa shape index (κ3) is 5.35. The van der Waals surface area contributed by atoms with Gasteiger partial charge in [-0.1, -0.05) is 17.7 Å². The van der Waals surface area contributed by atoms with E-state index >= 15 is 0 Å². The lowest BCUT2D eigenvalue weighted by Crippen LogP contribution is -2.39. The third-order valence-corrected chi connectivity index (χ3v) is 4.32. The molecule has 0 amide bonds. The van der Waals surface area contributed by atoms with Gasteiger partial charge in [-0.25, -0.2) is 0 Å². The highest BCUT2D eigenvalue weighted by molar-refractivity contribution is 7.99. The molecule has 0 aromatic heterocycles. The monoisotopic (exact) mass is 313 g/mol. The number of ether oxygens (including phenoxy) is 1. The molecular weight excluding hydrogens is 294 g/mol. The fraction of sp³-hybridized carbons (Fsp3) is 0.533. The van der Waals surface area contributed by atoms with Crippen molar-refractivity contribution in [1.82, 2.24) is 5.32 Å². The quantitative estimate of drug-likeness (QED) is 0.589. The maximum Gasteiger partial charge on any atom is 0.323 e. The number of esters is 1. The number of rotatable bonds is 8. The summed E-state index contributed by atoms with van der Waals surface area (Å²) in [4.78, 5) is 13.0. The smallest absolute Gasteiger partial charge is 0.323 e. The minimum atomic E-state index is -0.186. The van der Waals surface area contributed by atoms with Gasteiger partial charge < -0.3 is 10.1 Å². The van der Waals surface area contributed by atoms with E-state index in [1.165, 1.54) is 0 Å². The summed E-state index contributed by atoms with van der Waals surface area (Å²) in [6.45, 7) is 2.27. The van der Waals surface area contributed by atoms with Crippen LogP contribution in [0.5, 0.6) is 0 Å². The summed E-state index contributed by atoms with van der Waals surface area (Å²) in [6, 6.07) is 8.09. The van der Waals surface area contributed by atoms with E-state index < -0.39 is 0 Å². The van der Waals surface area contributed by atoms with Crippen LogP contribution in [-0.2, 0) is 9.53 Å². The van der Waals surface area contributed by atoms with Gasteiger partial charge in [-0.05, 0) is 44.4 Å². The Morgan fingerprint density at radius 3 is 3.00 bits per heavy atom. The van der Waals surface area contributed by atoms with E-state index in [9.17, 15) is 4.79 Å². The van der Waals surface area contributed by atoms with Gasteiger partial charge in [-0.15, -0.1) is 11.8 Å². The second kappa shape index (κ2) is 7.91. The molecular formula is C15H20ClNO2S. The zero-order valence-electron chi connectivity index (χ0n) is 11.6. The lowest BCUT2D eigenvalue weighted by molar-refractivity contribution is -0.145. The largest absolute Gasteiger partial charge is 0.465 e. The van der Waals surface area contributed by atoms with Crippen molar-refractivity contribution in [2.24, 2.45) is 0 Å². The predicted molar refractivity (Wildman–Crippen MR) is 83.4 cm³/mol. The Hall–Kier alpha value is -0.710. The fourth-order valence-electron chi connectivity index (χ4n) is 1.90. The minimum Gasteiger partial charge on any atom is -0.465 e. The molecule has 0 spiro atoms. The molecule has 2 rings (SSSR count). The number of carbonyl (C=O) groups is 1. The first-order valence-corrected chi connectivity index (χ1v) is 8.36. The lowest BCUT2D eigenvalue weighted by Gasteiger charge is -2.16. The molecule has 1 fully saturated rings. The van der Waals surface area contributed by atoms with E-state index in [1.54, 1.807) is 11.8 Å². The van der Waals surface area contributed by atoms with Crippen LogP contribution in [0.25, 0.3) is 0 Å². The highest BCUT2D eigenvalue weighted by Crippen LogP contribution is 2.24. The summed E-state index contributed by atoms with van der Waals surface area (Å²) >= 11 is 7.67. The molecule has 1 aliphatic carbocycles. The standard InChI is InChI=1S/C15H20ClNO2S/c1-2-19-15(18)14(17-12-6-7-12)8-9-20-13-5-3-4-11(16)10-13/h3-5,10,12,14,17H,2,6-9H2,1H3. The molecule has 110 valence electrons. The normalized spacial score (nSPS) is 15.9. The van der Waals surface area contributed by atoms with Crippen molar-refractivity contribution < 1.29 is 9.53 Å². The number of halogens is 1. The van der Waals surface area contributed by atoms with Crippen molar-refractivity contribution in [1.29, 1.82) is 0 Å². The maximum absolute atomic E-state index is 11.9. The summed E-state index contributed by atoms with van der Waals surface area (Å²) in [5.74, 6) is 0.731. The van der Waals surface area contributed by atoms with Crippen LogP contribution in [0.2, 0.25) is 5.02 Å². The number of hydrogen-bond acceptors (Lipinski definition) is 4. The molecule has 1 unspecified atom stereocenters. The minimum absolute atomic E-state index is 0.133. The van der Waals surface area contributed by atoms with Gasteiger partial charge in [0.25, 0.3) is 0 Å². The van der Waals surface area contributed by atoms with Gasteiger partial charge in [-0.3, -0.25) is 4.79 Å². The van der Waals surface area contributed by atoms with Crippen LogP contribution in [0.15, 0.2) is 29.2 Å². The second-order valence-electron chi connectivity index (χ2n) is 4.84. The van der Waals surface area contributed by atoms with Crippen LogP contribution in [0.4, 0.5) is 0 Å². The molecule has 3 nitrogen and oxygen atoms in total. The van der Waals surface area contributed by atoms with E-state index in [0.717, 1.165) is 34.9 Å². The van der Waals surface area contributed by atoms with Crippen molar-refractivity contribution >= 4 is 29.3 Å². The molecule has 1 N–H and O–H groups in total. The first-order valence-electron chi connectivity index (χ1n) is 7.00. The fourth-order valence-corrected chi connectivity index (χ4v) is 3.13. The Bertz CT molecular complexity index is 451. The predicted octanol–water partition coefficient (Wildman–Crippen LogP) is 3.51. The van der Waals surface area contributed by atoms with Crippen LogP contribution >= 0.6 is 23.4 Å². The van der Waals surface area contributed by atoms with E-state index in [0.29, 0.717) is 12.6 Å². The van der Waals surface area contributed by atoms with Gasteiger partial charge >= 0.3 is 5.97 Å². The zero-order valence-corrected chi connectivity index (χ0v) is 13.2. The molecule has 0 heterocycles. The third-order valence-electron chi connectivity index (χ3n) is 3.06. The summed E-state index contributed by atoms with van der Waals surface area (Å²) in [6.07, 6.45) is 3.10. The molecule has 0 bridgehead atoms. The van der Waals surface area contributed by atoms with Crippen LogP contribution in [-0.4, -0.2) is 30.4 Å². The van der Waals surface area contributed by atoms with Gasteiger partial charge in [0.2, 0.25) is 0 Å². The number of thioether (sulfide) groups is 1. The molecule has 1 saturated carbocycles. The van der Waals surface area contributed by atoms with Crippen LogP contribution in [0, 0.1) is 0 Å². The summed E-state index contributed by atoms with van der Waals surface area (Å²) in [5.41, 5.74) is 0. The maximum atomic E-state index is 11.9. The first kappa shape index (κ1) is 15.7. The number of nitrogens with one attached hydrogen (secondary N) is 1. The van der Waals surface area contributed by atoms with Gasteiger partial charge in [0.15, 0.2) is 0 Å². The summed E-state index contributed by atoms with van der Waals surface area (Å²) in [7, 11) is 0. The molecule has 1 atom stereocenters. The summed E-state index contributed by atoms with van der Waals surface area (Å²) < 4.78 is 5.12. The van der Waals surface area contributed by atoms with Crippen molar-refractivity contribution in [3.05, 3.63) is 29.3 Å². The van der Waals surface area contributed by atoms with Crippen LogP contribution in [0.3, 0.4) is 0 Å². The molecule has 0 aliphatic heterocycles. The van der Waals surface area contributed by atoms with E-state index in [-0.39, 0.29) is 12.0 Å². The SMILES string of the molecule is CCOC(=O)C(CCSc1cccc(Cl)c1)NC1CC1. The number of hydrogen-bond donors (Lipinski definition) is 1. The van der Waals surface area contributed by atoms with Crippen LogP contribution < -0.4 is 5.32 Å². The first-order chi connectivity index (χ1) is 9.69. The highest BCUT2D eigenvalue weighted by atomic mass is 35.5. The Morgan fingerprint density at radius 2 is 2.35 bits per heavy atom. The Morgan fingerprint density at radius 1 is 1.55 bits per heavy atom. The Balaban J connectivity index is 1.79. The topological polar surface area (TPSA) is 38.3 Å². The zero-order chi connectivity index (χ0) is 14.4. The number of benzene rings is 1. The van der Waals surface area contributed by atoms with Crippen LogP contribution in [0.1, 0.15) is 26.2 Å². The van der Waals surface area contributed by atoms with Crippen molar-refractivity contribution in [3.8, 4) is 0 Å². The average molecular weight is 314 g/mol. The molecule has 20 heavy (non-hydrogen) atoms. The second-order valence-corrected chi connectivity index (χ2v) is 6.44. The van der Waals surface area contributed by atoms with Crippen molar-refractivity contribution in [2.45, 2.75) is 43.2 Å². The Labute approximate surface area is 129 Å². The van der Waals surface area contributed by atoms with E-state index in [2.05, 4.69) is 5.32 Å². The van der Waals surface area contributed by atoms with Crippen molar-refractivity contribution in [3.63, 3.8) is 0 Å². The van der Waals surface area contributed by atoms with Crippen molar-refractivity contribution in [2.75, 3.05) is 12.4 Å². The van der Waals surface area contributed by atoms with Gasteiger partial charge in [0.1, 0.15) is 6.04 Å². The van der Waals surface area contributed by atoms with Gasteiger partial charge in [0.05, 0.1) is 6.61 Å². The molecule has 1 aromatic carbocycles. The van der Waals surface area contributed by atoms with Gasteiger partial charge in [-0.2, -0.15) is 0 Å². The average Bonchev–Trinajstić information content (AvgIpc) is 3.22. The molecule has 1 aliphatic rings. The summed E-state index contributed by atoms with van der Waals surface area (Å²) in [5, 5.41) is 4.10. The molecule has 1 aromatic rings. The highest BCUT2D eigenvalue weighted by Gasteiger charge is 2.28. The molecule has 0 saturated heterocycles. The van der Waals surface area contributed by atoms with E-state index in [4.69, 9.17) is 16.3 Å². The Kier molecular flexibility index (Phi) is 6.20. The molecule has 0 radical (unpaired) electrons. The lowest BCUT2D eigenvalue weighted by atomic mass is 10.2. The molecule has 5 heteroatoms. The van der Waals surface area contributed by atoms with Gasteiger partial charge in [0, 0.05) is 21.7 Å².